The fourth-order valence-corrected chi connectivity index (χ4v) is 4.12. The molecule has 2 aliphatic rings. The van der Waals surface area contributed by atoms with E-state index in [4.69, 9.17) is 4.74 Å². The van der Waals surface area contributed by atoms with E-state index in [1.807, 2.05) is 49.1 Å². The van der Waals surface area contributed by atoms with Crippen molar-refractivity contribution < 1.29 is 9.53 Å². The summed E-state index contributed by atoms with van der Waals surface area (Å²) in [5, 5.41) is 0. The number of carbonyl (C=O) groups excluding carboxylic acids is 1. The molecule has 1 heterocycles. The van der Waals surface area contributed by atoms with E-state index in [1.165, 1.54) is 19.3 Å². The molecule has 0 bridgehead atoms. The third-order valence-electron chi connectivity index (χ3n) is 5.41. The topological polar surface area (TPSA) is 29.5 Å². The lowest BCUT2D eigenvalue weighted by Gasteiger charge is -2.42. The molecular formula is C19H27NO2. The van der Waals surface area contributed by atoms with Crippen LogP contribution in [-0.4, -0.2) is 23.1 Å². The Bertz CT molecular complexity index is 517. The number of benzene rings is 1. The van der Waals surface area contributed by atoms with E-state index >= 15 is 0 Å². The molecule has 2 fully saturated rings. The molecule has 1 aromatic carbocycles. The number of amides is 1. The summed E-state index contributed by atoms with van der Waals surface area (Å²) in [6.07, 6.45) is 8.21. The van der Waals surface area contributed by atoms with Gasteiger partial charge in [-0.15, -0.1) is 0 Å². The van der Waals surface area contributed by atoms with Crippen molar-refractivity contribution in [2.45, 2.75) is 69.9 Å². The van der Waals surface area contributed by atoms with Gasteiger partial charge in [0.05, 0.1) is 0 Å². The Morgan fingerprint density at radius 2 is 1.68 bits per heavy atom. The molecule has 1 aromatic rings. The van der Waals surface area contributed by atoms with E-state index in [2.05, 4.69) is 0 Å². The Morgan fingerprint density at radius 3 is 2.36 bits per heavy atom. The summed E-state index contributed by atoms with van der Waals surface area (Å²) in [5.41, 5.74) is 0.541. The van der Waals surface area contributed by atoms with E-state index in [-0.39, 0.29) is 11.6 Å². The molecule has 1 aliphatic heterocycles. The van der Waals surface area contributed by atoms with Crippen LogP contribution in [0.2, 0.25) is 0 Å². The van der Waals surface area contributed by atoms with Gasteiger partial charge in [0.15, 0.2) is 0 Å². The highest BCUT2D eigenvalue weighted by Crippen LogP contribution is 2.42. The molecule has 120 valence electrons. The van der Waals surface area contributed by atoms with Crippen molar-refractivity contribution in [1.82, 2.24) is 4.90 Å². The number of hydrogen-bond acceptors (Lipinski definition) is 2. The maximum Gasteiger partial charge on any atom is 0.411 e. The second-order valence-corrected chi connectivity index (χ2v) is 7.28. The molecule has 3 rings (SSSR count). The number of nitrogens with zero attached hydrogens (tertiary/aromatic N) is 1. The van der Waals surface area contributed by atoms with Gasteiger partial charge in [0, 0.05) is 12.1 Å². The molecule has 3 heteroatoms. The number of hydrogen-bond donors (Lipinski definition) is 0. The number of likely N-dealkylation sites (tertiary alicyclic amines) is 1. The fraction of sp³-hybridized carbons (Fsp3) is 0.632. The van der Waals surface area contributed by atoms with E-state index in [1.54, 1.807) is 0 Å². The maximum absolute atomic E-state index is 12.8. The predicted molar refractivity (Wildman–Crippen MR) is 87.7 cm³/mol. The van der Waals surface area contributed by atoms with Crippen molar-refractivity contribution >= 4 is 6.09 Å². The van der Waals surface area contributed by atoms with Gasteiger partial charge in [0.2, 0.25) is 0 Å². The van der Waals surface area contributed by atoms with E-state index < -0.39 is 5.60 Å². The molecule has 1 amide bonds. The van der Waals surface area contributed by atoms with Crippen molar-refractivity contribution in [2.24, 2.45) is 0 Å². The molecular weight excluding hydrogens is 274 g/mol. The van der Waals surface area contributed by atoms with E-state index in [0.29, 0.717) is 0 Å². The highest BCUT2D eigenvalue weighted by Gasteiger charge is 2.45. The molecule has 22 heavy (non-hydrogen) atoms. The number of ether oxygens (including phenoxy) is 1. The smallest absolute Gasteiger partial charge is 0.411 e. The average Bonchev–Trinajstić information content (AvgIpc) is 2.91. The highest BCUT2D eigenvalue weighted by molar-refractivity contribution is 5.70. The van der Waals surface area contributed by atoms with Gasteiger partial charge in [-0.1, -0.05) is 49.6 Å². The van der Waals surface area contributed by atoms with Crippen molar-refractivity contribution in [2.75, 3.05) is 6.54 Å². The van der Waals surface area contributed by atoms with Crippen LogP contribution in [0.5, 0.6) is 0 Å². The summed E-state index contributed by atoms with van der Waals surface area (Å²) in [4.78, 5) is 14.8. The largest absolute Gasteiger partial charge is 0.438 e. The minimum atomic E-state index is -0.587. The van der Waals surface area contributed by atoms with Gasteiger partial charge in [0.25, 0.3) is 0 Å². The first kappa shape index (κ1) is 15.4. The zero-order valence-electron chi connectivity index (χ0n) is 13.8. The summed E-state index contributed by atoms with van der Waals surface area (Å²) in [7, 11) is 0. The molecule has 1 aliphatic carbocycles. The van der Waals surface area contributed by atoms with Crippen LogP contribution in [0.25, 0.3) is 0 Å². The van der Waals surface area contributed by atoms with Crippen LogP contribution in [-0.2, 0) is 10.3 Å². The van der Waals surface area contributed by atoms with Crippen LogP contribution in [0.4, 0.5) is 4.79 Å². The summed E-state index contributed by atoms with van der Waals surface area (Å²) < 4.78 is 5.92. The number of rotatable bonds is 2. The second-order valence-electron chi connectivity index (χ2n) is 7.28. The van der Waals surface area contributed by atoms with Gasteiger partial charge in [0.1, 0.15) is 5.60 Å². The van der Waals surface area contributed by atoms with Gasteiger partial charge in [-0.05, 0) is 45.1 Å². The van der Waals surface area contributed by atoms with Gasteiger partial charge >= 0.3 is 6.09 Å². The lowest BCUT2D eigenvalue weighted by molar-refractivity contribution is -0.0107. The van der Waals surface area contributed by atoms with Crippen molar-refractivity contribution in [3.8, 4) is 0 Å². The maximum atomic E-state index is 12.8. The van der Waals surface area contributed by atoms with Crippen molar-refractivity contribution in [3.05, 3.63) is 35.9 Å². The SMILES string of the molecule is CC(C)(OC(=O)N1CCCC12CCCCC2)c1ccccc1. The Balaban J connectivity index is 1.73. The van der Waals surface area contributed by atoms with E-state index in [0.717, 1.165) is 37.8 Å². The Labute approximate surface area is 133 Å². The normalized spacial score (nSPS) is 21.1. The van der Waals surface area contributed by atoms with Gasteiger partial charge in [-0.2, -0.15) is 0 Å². The summed E-state index contributed by atoms with van der Waals surface area (Å²) in [5.74, 6) is 0. The molecule has 0 radical (unpaired) electrons. The van der Waals surface area contributed by atoms with Crippen molar-refractivity contribution in [3.63, 3.8) is 0 Å². The minimum absolute atomic E-state index is 0.0854. The lowest BCUT2D eigenvalue weighted by atomic mass is 9.80. The Kier molecular flexibility index (Phi) is 4.16. The minimum Gasteiger partial charge on any atom is -0.438 e. The van der Waals surface area contributed by atoms with E-state index in [9.17, 15) is 4.79 Å². The monoisotopic (exact) mass is 301 g/mol. The van der Waals surface area contributed by atoms with Gasteiger partial charge < -0.3 is 9.64 Å². The summed E-state index contributed by atoms with van der Waals surface area (Å²) in [6.45, 7) is 4.80. The molecule has 1 spiro atoms. The first-order chi connectivity index (χ1) is 10.5. The third kappa shape index (κ3) is 2.86. The zero-order chi connectivity index (χ0) is 15.6. The van der Waals surface area contributed by atoms with Crippen LogP contribution in [0.1, 0.15) is 64.4 Å². The van der Waals surface area contributed by atoms with Gasteiger partial charge in [-0.25, -0.2) is 4.79 Å². The molecule has 0 unspecified atom stereocenters. The second kappa shape index (κ2) is 5.94. The first-order valence-corrected chi connectivity index (χ1v) is 8.60. The van der Waals surface area contributed by atoms with Crippen LogP contribution in [0, 0.1) is 0 Å². The molecule has 3 nitrogen and oxygen atoms in total. The Morgan fingerprint density at radius 1 is 1.05 bits per heavy atom. The molecule has 1 saturated heterocycles. The quantitative estimate of drug-likeness (QED) is 0.781. The van der Waals surface area contributed by atoms with Crippen molar-refractivity contribution in [1.29, 1.82) is 0 Å². The number of carbonyl (C=O) groups is 1. The Hall–Kier alpha value is -1.51. The molecule has 1 saturated carbocycles. The van der Waals surface area contributed by atoms with Crippen LogP contribution < -0.4 is 0 Å². The first-order valence-electron chi connectivity index (χ1n) is 8.60. The van der Waals surface area contributed by atoms with Crippen LogP contribution >= 0.6 is 0 Å². The predicted octanol–water partition coefficient (Wildman–Crippen LogP) is 4.86. The lowest BCUT2D eigenvalue weighted by Crippen LogP contribution is -2.50. The average molecular weight is 301 g/mol. The van der Waals surface area contributed by atoms with Crippen LogP contribution in [0.15, 0.2) is 30.3 Å². The summed E-state index contributed by atoms with van der Waals surface area (Å²) in [6, 6.07) is 10.0. The van der Waals surface area contributed by atoms with Gasteiger partial charge in [-0.3, -0.25) is 0 Å². The standard InChI is InChI=1S/C19H27NO2/c1-18(2,16-10-5-3-6-11-16)22-17(21)20-15-9-14-19(20)12-7-4-8-13-19/h3,5-6,10-11H,4,7-9,12-15H2,1-2H3. The zero-order valence-corrected chi connectivity index (χ0v) is 13.8. The summed E-state index contributed by atoms with van der Waals surface area (Å²) >= 11 is 0. The third-order valence-corrected chi connectivity index (χ3v) is 5.41. The highest BCUT2D eigenvalue weighted by atomic mass is 16.6. The van der Waals surface area contributed by atoms with Crippen LogP contribution in [0.3, 0.4) is 0 Å². The fourth-order valence-electron chi connectivity index (χ4n) is 4.12. The molecule has 0 atom stereocenters. The molecule has 0 aromatic heterocycles. The molecule has 0 N–H and O–H groups in total.